The molecule has 0 aliphatic carbocycles. The molecule has 0 radical (unpaired) electrons. The number of carbonyl (C=O) groups excluding carboxylic acids is 1. The first-order chi connectivity index (χ1) is 12.5. The van der Waals surface area contributed by atoms with E-state index in [2.05, 4.69) is 4.74 Å². The zero-order chi connectivity index (χ0) is 20.5. The number of halogens is 5. The second-order valence-electron chi connectivity index (χ2n) is 4.97. The lowest BCUT2D eigenvalue weighted by Crippen LogP contribution is -2.27. The number of rotatable bonds is 5. The van der Waals surface area contributed by atoms with E-state index < -0.39 is 55.5 Å². The van der Waals surface area contributed by atoms with Gasteiger partial charge in [-0.05, 0) is 19.2 Å². The fraction of sp³-hybridized carbons (Fsp3) is 0.133. The Morgan fingerprint density at radius 3 is 2.11 bits per heavy atom. The summed E-state index contributed by atoms with van der Waals surface area (Å²) in [6.07, 6.45) is 0. The SMILES string of the molecule is CNS(=O)(=O)c1c(F)c(F)c(F)c(F)c1C(=O)Nc1ccc(OC)c(F)c1. The Morgan fingerprint density at radius 1 is 1.00 bits per heavy atom. The number of hydrogen-bond acceptors (Lipinski definition) is 4. The zero-order valence-corrected chi connectivity index (χ0v) is 14.5. The van der Waals surface area contributed by atoms with Crippen LogP contribution in [-0.2, 0) is 10.0 Å². The van der Waals surface area contributed by atoms with Crippen molar-refractivity contribution in [1.29, 1.82) is 0 Å². The van der Waals surface area contributed by atoms with Crippen LogP contribution in [0, 0.1) is 29.1 Å². The van der Waals surface area contributed by atoms with E-state index in [1.807, 2.05) is 5.32 Å². The van der Waals surface area contributed by atoms with Gasteiger partial charge in [0.25, 0.3) is 5.91 Å². The maximum Gasteiger partial charge on any atom is 0.260 e. The quantitative estimate of drug-likeness (QED) is 0.451. The first-order valence-corrected chi connectivity index (χ1v) is 8.47. The third-order valence-electron chi connectivity index (χ3n) is 3.40. The number of carbonyl (C=O) groups is 1. The summed E-state index contributed by atoms with van der Waals surface area (Å²) in [6.45, 7) is 0. The normalized spacial score (nSPS) is 11.4. The molecule has 6 nitrogen and oxygen atoms in total. The van der Waals surface area contributed by atoms with Gasteiger partial charge in [-0.3, -0.25) is 4.79 Å². The molecular weight excluding hydrogens is 399 g/mol. The van der Waals surface area contributed by atoms with E-state index in [1.54, 1.807) is 4.72 Å². The molecule has 0 saturated carbocycles. The Morgan fingerprint density at radius 2 is 1.59 bits per heavy atom. The smallest absolute Gasteiger partial charge is 0.260 e. The summed E-state index contributed by atoms with van der Waals surface area (Å²) in [4.78, 5) is 10.5. The lowest BCUT2D eigenvalue weighted by molar-refractivity contribution is 0.101. The molecule has 0 aliphatic heterocycles. The fourth-order valence-corrected chi connectivity index (χ4v) is 3.09. The summed E-state index contributed by atoms with van der Waals surface area (Å²) in [7, 11) is -2.95. The number of benzene rings is 2. The second-order valence-corrected chi connectivity index (χ2v) is 6.79. The summed E-state index contributed by atoms with van der Waals surface area (Å²) < 4.78 is 98.7. The van der Waals surface area contributed by atoms with Crippen LogP contribution in [0.3, 0.4) is 0 Å². The van der Waals surface area contributed by atoms with Crippen molar-refractivity contribution in [1.82, 2.24) is 4.72 Å². The fourth-order valence-electron chi connectivity index (χ4n) is 2.11. The summed E-state index contributed by atoms with van der Waals surface area (Å²) in [6, 6.07) is 2.91. The minimum absolute atomic E-state index is 0.198. The van der Waals surface area contributed by atoms with E-state index in [1.165, 1.54) is 7.11 Å². The monoisotopic (exact) mass is 410 g/mol. The highest BCUT2D eigenvalue weighted by Crippen LogP contribution is 2.29. The molecule has 0 aromatic heterocycles. The summed E-state index contributed by atoms with van der Waals surface area (Å²) in [5, 5.41) is 1.88. The lowest BCUT2D eigenvalue weighted by Gasteiger charge is -2.14. The number of methoxy groups -OCH3 is 1. The van der Waals surface area contributed by atoms with Gasteiger partial charge in [0, 0.05) is 11.8 Å². The Balaban J connectivity index is 2.63. The summed E-state index contributed by atoms with van der Waals surface area (Å²) >= 11 is 0. The van der Waals surface area contributed by atoms with E-state index in [4.69, 9.17) is 0 Å². The van der Waals surface area contributed by atoms with Crippen LogP contribution in [0.15, 0.2) is 23.1 Å². The van der Waals surface area contributed by atoms with Crippen molar-refractivity contribution in [2.45, 2.75) is 4.90 Å². The topological polar surface area (TPSA) is 84.5 Å². The number of sulfonamides is 1. The van der Waals surface area contributed by atoms with Crippen LogP contribution < -0.4 is 14.8 Å². The molecule has 0 spiro atoms. The third kappa shape index (κ3) is 3.71. The van der Waals surface area contributed by atoms with Crippen molar-refractivity contribution in [3.05, 3.63) is 52.8 Å². The number of nitrogens with one attached hydrogen (secondary N) is 2. The molecule has 2 aromatic carbocycles. The van der Waals surface area contributed by atoms with Crippen molar-refractivity contribution in [3.63, 3.8) is 0 Å². The van der Waals surface area contributed by atoms with E-state index in [0.717, 1.165) is 25.2 Å². The number of ether oxygens (including phenoxy) is 1. The summed E-state index contributed by atoms with van der Waals surface area (Å²) in [5.74, 6) is -12.1. The average Bonchev–Trinajstić information content (AvgIpc) is 2.62. The minimum atomic E-state index is -4.90. The number of anilines is 1. The van der Waals surface area contributed by atoms with Crippen molar-refractivity contribution in [3.8, 4) is 5.75 Å². The van der Waals surface area contributed by atoms with Gasteiger partial charge in [0.15, 0.2) is 34.8 Å². The molecule has 2 rings (SSSR count). The van der Waals surface area contributed by atoms with E-state index in [9.17, 15) is 35.2 Å². The Kier molecular flexibility index (Phi) is 5.70. The molecule has 0 atom stereocenters. The van der Waals surface area contributed by atoms with Gasteiger partial charge in [-0.2, -0.15) is 0 Å². The largest absolute Gasteiger partial charge is 0.494 e. The first-order valence-electron chi connectivity index (χ1n) is 6.99. The van der Waals surface area contributed by atoms with Crippen LogP contribution in [-0.4, -0.2) is 28.5 Å². The van der Waals surface area contributed by atoms with Gasteiger partial charge in [0.2, 0.25) is 10.0 Å². The van der Waals surface area contributed by atoms with Crippen LogP contribution in [0.5, 0.6) is 5.75 Å². The molecule has 0 aliphatic rings. The maximum atomic E-state index is 14.1. The highest BCUT2D eigenvalue weighted by atomic mass is 32.2. The average molecular weight is 410 g/mol. The molecule has 12 heteroatoms. The van der Waals surface area contributed by atoms with Crippen LogP contribution in [0.2, 0.25) is 0 Å². The Hall–Kier alpha value is -2.73. The van der Waals surface area contributed by atoms with Gasteiger partial charge in [0.1, 0.15) is 10.5 Å². The van der Waals surface area contributed by atoms with Gasteiger partial charge in [0.05, 0.1) is 7.11 Å². The van der Waals surface area contributed by atoms with Crippen molar-refractivity contribution in [2.75, 3.05) is 19.5 Å². The van der Waals surface area contributed by atoms with E-state index in [-0.39, 0.29) is 11.4 Å². The third-order valence-corrected chi connectivity index (χ3v) is 4.86. The Labute approximate surface area is 150 Å². The molecule has 2 aromatic rings. The number of hydrogen-bond donors (Lipinski definition) is 2. The highest BCUT2D eigenvalue weighted by molar-refractivity contribution is 7.89. The zero-order valence-electron chi connectivity index (χ0n) is 13.7. The molecule has 0 unspecified atom stereocenters. The van der Waals surface area contributed by atoms with Gasteiger partial charge in [-0.25, -0.2) is 35.1 Å². The van der Waals surface area contributed by atoms with Gasteiger partial charge >= 0.3 is 0 Å². The molecular formula is C15H11F5N2O4S. The Bertz CT molecular complexity index is 1030. The first kappa shape index (κ1) is 20.6. The van der Waals surface area contributed by atoms with Gasteiger partial charge in [-0.15, -0.1) is 0 Å². The standard InChI is InChI=1S/C15H11F5N2O4S/c1-21-27(24,25)14-9(10(17)11(18)12(19)13(14)20)15(23)22-6-3-4-8(26-2)7(16)5-6/h3-5,21H,1-2H3,(H,22,23). The van der Waals surface area contributed by atoms with Crippen LogP contribution in [0.25, 0.3) is 0 Å². The van der Waals surface area contributed by atoms with E-state index >= 15 is 0 Å². The predicted molar refractivity (Wildman–Crippen MR) is 83.4 cm³/mol. The van der Waals surface area contributed by atoms with Crippen molar-refractivity contribution in [2.24, 2.45) is 0 Å². The molecule has 27 heavy (non-hydrogen) atoms. The highest BCUT2D eigenvalue weighted by Gasteiger charge is 2.35. The van der Waals surface area contributed by atoms with Crippen molar-refractivity contribution < 1.29 is 39.9 Å². The van der Waals surface area contributed by atoms with Crippen LogP contribution in [0.4, 0.5) is 27.6 Å². The maximum absolute atomic E-state index is 14.1. The van der Waals surface area contributed by atoms with Gasteiger partial charge in [-0.1, -0.05) is 0 Å². The molecule has 146 valence electrons. The van der Waals surface area contributed by atoms with Crippen molar-refractivity contribution >= 4 is 21.6 Å². The van der Waals surface area contributed by atoms with Crippen LogP contribution in [0.1, 0.15) is 10.4 Å². The molecule has 0 fully saturated rings. The van der Waals surface area contributed by atoms with Crippen LogP contribution >= 0.6 is 0 Å². The molecule has 2 N–H and O–H groups in total. The lowest BCUT2D eigenvalue weighted by atomic mass is 10.1. The molecule has 0 bridgehead atoms. The number of amides is 1. The second kappa shape index (κ2) is 7.48. The van der Waals surface area contributed by atoms with Gasteiger partial charge < -0.3 is 10.1 Å². The molecule has 0 saturated heterocycles. The summed E-state index contributed by atoms with van der Waals surface area (Å²) in [5.41, 5.74) is -1.92. The predicted octanol–water partition coefficient (Wildman–Crippen LogP) is 2.55. The molecule has 1 amide bonds. The van der Waals surface area contributed by atoms with E-state index in [0.29, 0.717) is 0 Å². The minimum Gasteiger partial charge on any atom is -0.494 e. The molecule has 0 heterocycles.